The third-order valence-corrected chi connectivity index (χ3v) is 8.39. The van der Waals surface area contributed by atoms with Crippen LogP contribution in [0.5, 0.6) is 0 Å². The van der Waals surface area contributed by atoms with Crippen molar-refractivity contribution in [3.8, 4) is 6.07 Å². The van der Waals surface area contributed by atoms with E-state index < -0.39 is 5.54 Å². The van der Waals surface area contributed by atoms with E-state index in [9.17, 15) is 10.1 Å². The van der Waals surface area contributed by atoms with E-state index in [-0.39, 0.29) is 23.5 Å². The van der Waals surface area contributed by atoms with Gasteiger partial charge in [0.05, 0.1) is 30.4 Å². The van der Waals surface area contributed by atoms with Gasteiger partial charge in [0.1, 0.15) is 0 Å². The summed E-state index contributed by atoms with van der Waals surface area (Å²) >= 11 is 5.71. The van der Waals surface area contributed by atoms with Gasteiger partial charge in [-0.3, -0.25) is 9.69 Å². The Kier molecular flexibility index (Phi) is 4.89. The van der Waals surface area contributed by atoms with Crippen molar-refractivity contribution in [1.82, 2.24) is 10.2 Å². The largest absolute Gasteiger partial charge is 0.381 e. The number of thiocarbonyl (C=S) groups is 1. The van der Waals surface area contributed by atoms with Gasteiger partial charge in [0.2, 0.25) is 0 Å². The summed E-state index contributed by atoms with van der Waals surface area (Å²) in [6.45, 7) is 5.67. The second kappa shape index (κ2) is 7.26. The lowest BCUT2D eigenvalue weighted by molar-refractivity contribution is -0.145. The van der Waals surface area contributed by atoms with Crippen LogP contribution in [0.3, 0.4) is 0 Å². The molecule has 1 N–H and O–H groups in total. The molecule has 1 saturated carbocycles. The lowest BCUT2D eigenvalue weighted by Gasteiger charge is -2.51. The second-order valence-corrected chi connectivity index (χ2v) is 10.3. The van der Waals surface area contributed by atoms with Gasteiger partial charge in [-0.1, -0.05) is 19.9 Å². The lowest BCUT2D eigenvalue weighted by atomic mass is 9.56. The van der Waals surface area contributed by atoms with Gasteiger partial charge < -0.3 is 14.8 Å². The summed E-state index contributed by atoms with van der Waals surface area (Å²) in [6.07, 6.45) is 3.69. The molecule has 1 amide bonds. The highest BCUT2D eigenvalue weighted by atomic mass is 32.1. The number of amides is 1. The number of ether oxygens (including phenoxy) is 2. The van der Waals surface area contributed by atoms with Gasteiger partial charge in [0.25, 0.3) is 5.91 Å². The first-order chi connectivity index (χ1) is 14.8. The van der Waals surface area contributed by atoms with Crippen LogP contribution in [-0.2, 0) is 26.2 Å². The van der Waals surface area contributed by atoms with Crippen molar-refractivity contribution in [3.63, 3.8) is 0 Å². The number of rotatable bonds is 3. The van der Waals surface area contributed by atoms with E-state index in [1.807, 2.05) is 18.2 Å². The molecule has 7 heteroatoms. The zero-order chi connectivity index (χ0) is 22.0. The van der Waals surface area contributed by atoms with Crippen LogP contribution in [0.15, 0.2) is 18.2 Å². The number of benzene rings is 1. The number of nitrogens with zero attached hydrogens (tertiary/aromatic N) is 2. The van der Waals surface area contributed by atoms with Gasteiger partial charge in [0, 0.05) is 19.1 Å². The third kappa shape index (κ3) is 2.81. The van der Waals surface area contributed by atoms with Crippen LogP contribution in [0.25, 0.3) is 0 Å². The number of carbonyl (C=O) groups excluding carboxylic acids is 1. The Hall–Kier alpha value is -2.01. The van der Waals surface area contributed by atoms with E-state index in [4.69, 9.17) is 21.7 Å². The number of hydrogen-bond acceptors (Lipinski definition) is 5. The molecule has 3 fully saturated rings. The van der Waals surface area contributed by atoms with E-state index in [0.29, 0.717) is 29.1 Å². The van der Waals surface area contributed by atoms with Crippen LogP contribution in [-0.4, -0.2) is 48.4 Å². The van der Waals surface area contributed by atoms with E-state index in [2.05, 4.69) is 25.2 Å². The van der Waals surface area contributed by atoms with Crippen molar-refractivity contribution in [1.29, 1.82) is 5.26 Å². The molecular weight excluding hydrogens is 410 g/mol. The quantitative estimate of drug-likeness (QED) is 0.730. The standard InChI is InChI=1S/C24H29N3O3S/c1-14-9-23(10-15(2)20(14)29-3)11-17-5-4-16(12-25)8-19(17)24(23)21(28)27(22(31)26-24)13-18-6-7-30-18/h4-5,8,14-15,18,20H,6-7,9-11,13H2,1-3H3,(H,26,31)/t14-,15+,18?,20?,23?,24-/m1/s1. The van der Waals surface area contributed by atoms with Gasteiger partial charge >= 0.3 is 0 Å². The molecule has 0 aromatic heterocycles. The predicted octanol–water partition coefficient (Wildman–Crippen LogP) is 2.88. The Morgan fingerprint density at radius 2 is 2.06 bits per heavy atom. The average Bonchev–Trinajstić information content (AvgIpc) is 3.10. The first kappa shape index (κ1) is 20.9. The van der Waals surface area contributed by atoms with Crippen LogP contribution in [0.4, 0.5) is 0 Å². The van der Waals surface area contributed by atoms with E-state index in [1.54, 1.807) is 12.0 Å². The fourth-order valence-electron chi connectivity index (χ4n) is 6.87. The third-order valence-electron chi connectivity index (χ3n) is 8.07. The second-order valence-electron chi connectivity index (χ2n) is 9.88. The molecular formula is C24H29N3O3S. The van der Waals surface area contributed by atoms with Gasteiger partial charge in [-0.05, 0) is 73.0 Å². The minimum atomic E-state index is -0.933. The fourth-order valence-corrected chi connectivity index (χ4v) is 7.18. The van der Waals surface area contributed by atoms with Crippen LogP contribution in [0, 0.1) is 28.6 Å². The van der Waals surface area contributed by atoms with Crippen molar-refractivity contribution in [2.24, 2.45) is 17.3 Å². The Labute approximate surface area is 188 Å². The van der Waals surface area contributed by atoms with Crippen LogP contribution < -0.4 is 5.32 Å². The summed E-state index contributed by atoms with van der Waals surface area (Å²) in [5.74, 6) is 0.627. The summed E-state index contributed by atoms with van der Waals surface area (Å²) in [6, 6.07) is 8.04. The molecule has 164 valence electrons. The fraction of sp³-hybridized carbons (Fsp3) is 0.625. The molecule has 31 heavy (non-hydrogen) atoms. The van der Waals surface area contributed by atoms with E-state index >= 15 is 0 Å². The molecule has 2 aliphatic carbocycles. The molecule has 2 saturated heterocycles. The minimum absolute atomic E-state index is 0.0112. The van der Waals surface area contributed by atoms with E-state index in [1.165, 1.54) is 0 Å². The molecule has 1 aromatic carbocycles. The first-order valence-corrected chi connectivity index (χ1v) is 11.6. The molecule has 0 radical (unpaired) electrons. The SMILES string of the molecule is COC1[C@H](C)CC2(Cc3ccc(C#N)cc3[C@]23NC(=S)N(CC2CCO2)C3=O)C[C@@H]1C. The number of carbonyl (C=O) groups is 1. The number of nitrogens with one attached hydrogen (secondary N) is 1. The Morgan fingerprint density at radius 3 is 2.65 bits per heavy atom. The minimum Gasteiger partial charge on any atom is -0.381 e. The zero-order valence-electron chi connectivity index (χ0n) is 18.3. The van der Waals surface area contributed by atoms with Crippen molar-refractivity contribution in [2.75, 3.05) is 20.3 Å². The van der Waals surface area contributed by atoms with Gasteiger partial charge in [-0.2, -0.15) is 5.26 Å². The van der Waals surface area contributed by atoms with Crippen LogP contribution in [0.1, 0.15) is 49.8 Å². The number of hydrogen-bond donors (Lipinski definition) is 1. The van der Waals surface area contributed by atoms with Crippen molar-refractivity contribution >= 4 is 23.2 Å². The Bertz CT molecular complexity index is 973. The Balaban J connectivity index is 1.63. The summed E-state index contributed by atoms with van der Waals surface area (Å²) in [5.41, 5.74) is 1.39. The predicted molar refractivity (Wildman–Crippen MR) is 119 cm³/mol. The van der Waals surface area contributed by atoms with Crippen LogP contribution in [0.2, 0.25) is 0 Å². The highest BCUT2D eigenvalue weighted by molar-refractivity contribution is 7.80. The molecule has 6 nitrogen and oxygen atoms in total. The average molecular weight is 440 g/mol. The maximum Gasteiger partial charge on any atom is 0.259 e. The topological polar surface area (TPSA) is 74.6 Å². The smallest absolute Gasteiger partial charge is 0.259 e. The van der Waals surface area contributed by atoms with Crippen molar-refractivity contribution in [2.45, 2.75) is 57.3 Å². The van der Waals surface area contributed by atoms with Gasteiger partial charge in [-0.25, -0.2) is 0 Å². The molecule has 2 spiro atoms. The zero-order valence-corrected chi connectivity index (χ0v) is 19.1. The highest BCUT2D eigenvalue weighted by Gasteiger charge is 2.68. The first-order valence-electron chi connectivity index (χ1n) is 11.2. The molecule has 0 bridgehead atoms. The normalized spacial score (nSPS) is 38.8. The summed E-state index contributed by atoms with van der Waals surface area (Å²) < 4.78 is 11.4. The van der Waals surface area contributed by atoms with Gasteiger partial charge in [0.15, 0.2) is 10.7 Å². The van der Waals surface area contributed by atoms with E-state index in [0.717, 1.165) is 43.4 Å². The monoisotopic (exact) mass is 439 g/mol. The molecule has 2 heterocycles. The molecule has 6 atom stereocenters. The van der Waals surface area contributed by atoms with Crippen LogP contribution >= 0.6 is 12.2 Å². The molecule has 4 aliphatic rings. The van der Waals surface area contributed by atoms with Gasteiger partial charge in [-0.15, -0.1) is 0 Å². The van der Waals surface area contributed by atoms with Crippen molar-refractivity contribution < 1.29 is 14.3 Å². The summed E-state index contributed by atoms with van der Waals surface area (Å²) in [5, 5.41) is 13.6. The lowest BCUT2D eigenvalue weighted by Crippen LogP contribution is -2.59. The summed E-state index contributed by atoms with van der Waals surface area (Å²) in [4.78, 5) is 15.9. The maximum absolute atomic E-state index is 14.2. The molecule has 1 aromatic rings. The number of methoxy groups -OCH3 is 1. The number of fused-ring (bicyclic) bond motifs is 3. The maximum atomic E-state index is 14.2. The molecule has 5 rings (SSSR count). The summed E-state index contributed by atoms with van der Waals surface area (Å²) in [7, 11) is 1.78. The molecule has 2 aliphatic heterocycles. The number of nitriles is 1. The Morgan fingerprint density at radius 1 is 1.35 bits per heavy atom. The molecule has 3 unspecified atom stereocenters. The van der Waals surface area contributed by atoms with Crippen molar-refractivity contribution in [3.05, 3.63) is 34.9 Å². The highest BCUT2D eigenvalue weighted by Crippen LogP contribution is 2.62.